The van der Waals surface area contributed by atoms with Gasteiger partial charge < -0.3 is 14.5 Å². The zero-order chi connectivity index (χ0) is 41.9. The van der Waals surface area contributed by atoms with Gasteiger partial charge >= 0.3 is 0 Å². The van der Waals surface area contributed by atoms with E-state index in [1.807, 2.05) is 18.3 Å². The summed E-state index contributed by atoms with van der Waals surface area (Å²) in [5, 5.41) is 2.16. The predicted molar refractivity (Wildman–Crippen MR) is 246 cm³/mol. The summed E-state index contributed by atoms with van der Waals surface area (Å²) in [6.45, 7) is 18.4. The molecule has 9 rings (SSSR count). The Balaban J connectivity index is 1.35. The molecule has 8 aromatic rings. The van der Waals surface area contributed by atoms with Gasteiger partial charge in [0.15, 0.2) is 17.5 Å². The number of pyridine rings is 1. The zero-order valence-corrected chi connectivity index (χ0v) is 35.9. The molecular formula is C52H51N7O. The van der Waals surface area contributed by atoms with Gasteiger partial charge in [-0.15, -0.1) is 0 Å². The van der Waals surface area contributed by atoms with Crippen molar-refractivity contribution in [3.63, 3.8) is 0 Å². The fraction of sp³-hybridized carbons (Fsp3) is 0.231. The van der Waals surface area contributed by atoms with E-state index in [0.717, 1.165) is 62.4 Å². The highest BCUT2D eigenvalue weighted by atomic mass is 16.5. The maximum Gasteiger partial charge on any atom is 0.167 e. The molecule has 0 aliphatic carbocycles. The molecule has 1 aliphatic rings. The SMILES string of the molecule is Cc1ccc(-c2nc(-c3ccc(C)cc3)nc(-c3cc4c5cc(C(C)(C)C)ccc5n(-c5ccccn5)c4cc3Oc3cc(N4C=CN(C)C4)cc(C(C)(C)C)c3)n2)cc1. The number of aromatic nitrogens is 5. The standard InChI is InChI=1S/C52H51N7O/c1-33-13-17-35(18-14-33)48-54-49(36-19-15-34(2)16-20-36)56-50(55-48)43-30-42-41-28-37(51(3,4)5)21-22-44(41)59(47-12-10-11-23-53-47)45(42)31-46(43)60-40-27-38(52(6,7)8)26-39(29-40)58-25-24-57(9)32-58/h10-31H,32H2,1-9H3. The molecular weight excluding hydrogens is 739 g/mol. The van der Waals surface area contributed by atoms with Gasteiger partial charge in [0.25, 0.3) is 0 Å². The Morgan fingerprint density at radius 1 is 0.583 bits per heavy atom. The van der Waals surface area contributed by atoms with Gasteiger partial charge in [0.05, 0.1) is 23.3 Å². The van der Waals surface area contributed by atoms with Crippen LogP contribution in [0.1, 0.15) is 63.8 Å². The van der Waals surface area contributed by atoms with E-state index in [0.29, 0.717) is 23.2 Å². The molecule has 0 bridgehead atoms. The monoisotopic (exact) mass is 789 g/mol. The largest absolute Gasteiger partial charge is 0.456 e. The molecule has 0 radical (unpaired) electrons. The normalized spacial score (nSPS) is 13.2. The van der Waals surface area contributed by atoms with Gasteiger partial charge in [-0.1, -0.05) is 113 Å². The molecule has 4 heterocycles. The average Bonchev–Trinajstić information content (AvgIpc) is 3.81. The first-order valence-electron chi connectivity index (χ1n) is 20.6. The van der Waals surface area contributed by atoms with Crippen LogP contribution in [0.2, 0.25) is 0 Å². The maximum atomic E-state index is 7.22. The van der Waals surface area contributed by atoms with Gasteiger partial charge in [0.2, 0.25) is 0 Å². The van der Waals surface area contributed by atoms with Crippen LogP contribution in [0.15, 0.2) is 134 Å². The average molecular weight is 790 g/mol. The highest BCUT2D eigenvalue weighted by Gasteiger charge is 2.25. The minimum Gasteiger partial charge on any atom is -0.456 e. The quantitative estimate of drug-likeness (QED) is 0.159. The number of fused-ring (bicyclic) bond motifs is 3. The molecule has 300 valence electrons. The minimum atomic E-state index is -0.132. The topological polar surface area (TPSA) is 72.2 Å². The van der Waals surface area contributed by atoms with Crippen molar-refractivity contribution in [2.45, 2.75) is 66.2 Å². The zero-order valence-electron chi connectivity index (χ0n) is 35.9. The lowest BCUT2D eigenvalue weighted by Gasteiger charge is -2.25. The molecule has 0 N–H and O–H groups in total. The number of ether oxygens (including phenoxy) is 1. The molecule has 1 aliphatic heterocycles. The predicted octanol–water partition coefficient (Wildman–Crippen LogP) is 12.5. The number of hydrogen-bond acceptors (Lipinski definition) is 7. The third-order valence-electron chi connectivity index (χ3n) is 11.3. The van der Waals surface area contributed by atoms with Crippen molar-refractivity contribution in [3.05, 3.63) is 156 Å². The van der Waals surface area contributed by atoms with E-state index in [2.05, 4.69) is 192 Å². The second-order valence-electron chi connectivity index (χ2n) is 18.1. The van der Waals surface area contributed by atoms with Crippen LogP contribution in [-0.2, 0) is 10.8 Å². The van der Waals surface area contributed by atoms with E-state index in [4.69, 9.17) is 24.7 Å². The summed E-state index contributed by atoms with van der Waals surface area (Å²) in [6.07, 6.45) is 6.05. The van der Waals surface area contributed by atoms with Crippen LogP contribution in [0.3, 0.4) is 0 Å². The molecule has 8 nitrogen and oxygen atoms in total. The first-order chi connectivity index (χ1) is 28.7. The van der Waals surface area contributed by atoms with E-state index in [-0.39, 0.29) is 10.8 Å². The lowest BCUT2D eigenvalue weighted by molar-refractivity contribution is 0.478. The molecule has 0 atom stereocenters. The third kappa shape index (κ3) is 7.50. The van der Waals surface area contributed by atoms with Crippen LogP contribution in [0.4, 0.5) is 5.69 Å². The van der Waals surface area contributed by atoms with E-state index in [9.17, 15) is 0 Å². The van der Waals surface area contributed by atoms with Crippen LogP contribution >= 0.6 is 0 Å². The highest BCUT2D eigenvalue weighted by molar-refractivity contribution is 6.11. The van der Waals surface area contributed by atoms with Crippen molar-refractivity contribution in [3.8, 4) is 51.5 Å². The lowest BCUT2D eigenvalue weighted by atomic mass is 9.86. The van der Waals surface area contributed by atoms with Crippen molar-refractivity contribution in [2.75, 3.05) is 18.6 Å². The molecule has 60 heavy (non-hydrogen) atoms. The Labute approximate surface area is 352 Å². The van der Waals surface area contributed by atoms with Crippen LogP contribution in [-0.4, -0.2) is 43.1 Å². The second kappa shape index (κ2) is 14.8. The lowest BCUT2D eigenvalue weighted by Crippen LogP contribution is -2.22. The Morgan fingerprint density at radius 2 is 1.22 bits per heavy atom. The van der Waals surface area contributed by atoms with Crippen molar-refractivity contribution >= 4 is 27.5 Å². The van der Waals surface area contributed by atoms with Crippen LogP contribution < -0.4 is 9.64 Å². The van der Waals surface area contributed by atoms with Crippen molar-refractivity contribution in [1.29, 1.82) is 0 Å². The van der Waals surface area contributed by atoms with Crippen molar-refractivity contribution in [2.24, 2.45) is 0 Å². The minimum absolute atomic E-state index is 0.0608. The summed E-state index contributed by atoms with van der Waals surface area (Å²) in [7, 11) is 2.08. The van der Waals surface area contributed by atoms with E-state index in [1.165, 1.54) is 22.3 Å². The second-order valence-corrected chi connectivity index (χ2v) is 18.1. The number of aryl methyl sites for hydroxylation is 2. The Kier molecular flexibility index (Phi) is 9.54. The van der Waals surface area contributed by atoms with Crippen molar-refractivity contribution in [1.82, 2.24) is 29.4 Å². The van der Waals surface area contributed by atoms with Gasteiger partial charge in [-0.05, 0) is 78.3 Å². The number of nitrogens with zero attached hydrogens (tertiary/aromatic N) is 7. The molecule has 3 aromatic heterocycles. The number of anilines is 1. The van der Waals surface area contributed by atoms with E-state index >= 15 is 0 Å². The highest BCUT2D eigenvalue weighted by Crippen LogP contribution is 2.44. The molecule has 0 saturated heterocycles. The van der Waals surface area contributed by atoms with Gasteiger partial charge in [-0.2, -0.15) is 0 Å². The Hall–Kier alpha value is -6.80. The number of hydrogen-bond donors (Lipinski definition) is 0. The van der Waals surface area contributed by atoms with Gasteiger partial charge in [-0.25, -0.2) is 19.9 Å². The third-order valence-corrected chi connectivity index (χ3v) is 11.3. The maximum absolute atomic E-state index is 7.22. The summed E-state index contributed by atoms with van der Waals surface area (Å²) < 4.78 is 9.46. The molecule has 0 unspecified atom stereocenters. The molecule has 0 spiro atoms. The number of benzene rings is 5. The van der Waals surface area contributed by atoms with Gasteiger partial charge in [-0.3, -0.25) is 4.57 Å². The summed E-state index contributed by atoms with van der Waals surface area (Å²) >= 11 is 0. The summed E-state index contributed by atoms with van der Waals surface area (Å²) in [5.41, 5.74) is 10.2. The Morgan fingerprint density at radius 3 is 1.80 bits per heavy atom. The molecule has 5 aromatic carbocycles. The van der Waals surface area contributed by atoms with E-state index in [1.54, 1.807) is 0 Å². The molecule has 0 fully saturated rings. The first kappa shape index (κ1) is 38.7. The molecule has 8 heteroatoms. The van der Waals surface area contributed by atoms with Crippen molar-refractivity contribution < 1.29 is 4.74 Å². The fourth-order valence-electron chi connectivity index (χ4n) is 7.73. The van der Waals surface area contributed by atoms with Gasteiger partial charge in [0, 0.05) is 65.4 Å². The molecule has 0 saturated carbocycles. The van der Waals surface area contributed by atoms with Crippen LogP contribution in [0.25, 0.3) is 61.8 Å². The first-order valence-corrected chi connectivity index (χ1v) is 20.6. The van der Waals surface area contributed by atoms with Crippen LogP contribution in [0, 0.1) is 13.8 Å². The molecule has 0 amide bonds. The van der Waals surface area contributed by atoms with Gasteiger partial charge in [0.1, 0.15) is 17.3 Å². The summed E-state index contributed by atoms with van der Waals surface area (Å²) in [5.74, 6) is 3.88. The van der Waals surface area contributed by atoms with E-state index < -0.39 is 0 Å². The smallest absolute Gasteiger partial charge is 0.167 e. The summed E-state index contributed by atoms with van der Waals surface area (Å²) in [6, 6.07) is 40.4. The summed E-state index contributed by atoms with van der Waals surface area (Å²) in [4.78, 5) is 24.9. The Bertz CT molecular complexity index is 2850. The number of rotatable bonds is 7. The van der Waals surface area contributed by atoms with Crippen LogP contribution in [0.5, 0.6) is 11.5 Å². The fourth-order valence-corrected chi connectivity index (χ4v) is 7.73.